The number of allylic oxidation sites excluding steroid dienone is 1. The second-order valence-electron chi connectivity index (χ2n) is 4.41. The third-order valence-electron chi connectivity index (χ3n) is 2.91. The molecule has 1 fully saturated rings. The van der Waals surface area contributed by atoms with Crippen LogP contribution in [0.15, 0.2) is 35.8 Å². The zero-order valence-corrected chi connectivity index (χ0v) is 7.78. The zero-order valence-electron chi connectivity index (χ0n) is 7.78. The maximum Gasteiger partial charge on any atom is 0.114 e. The number of epoxide rings is 1. The average Bonchev–Trinajstić information content (AvgIpc) is 2.83. The summed E-state index contributed by atoms with van der Waals surface area (Å²) in [7, 11) is 0. The molecule has 0 spiro atoms. The second kappa shape index (κ2) is 2.07. The molecule has 13 heavy (non-hydrogen) atoms. The Labute approximate surface area is 77.5 Å². The Balaban J connectivity index is 2.09. The molecule has 3 rings (SSSR count). The maximum atomic E-state index is 5.63. The highest BCUT2D eigenvalue weighted by atomic mass is 16.6. The minimum atomic E-state index is 0.166. The number of fused-ring (bicyclic) bond motifs is 3. The van der Waals surface area contributed by atoms with Gasteiger partial charge in [-0.15, -0.1) is 0 Å². The van der Waals surface area contributed by atoms with E-state index in [0.29, 0.717) is 6.10 Å². The Morgan fingerprint density at radius 1 is 1.38 bits per heavy atom. The van der Waals surface area contributed by atoms with E-state index in [2.05, 4.69) is 19.9 Å². The van der Waals surface area contributed by atoms with Gasteiger partial charge in [-0.1, -0.05) is 19.9 Å². The molecule has 1 aliphatic carbocycles. The molecule has 3 aliphatic rings. The molecule has 0 aromatic carbocycles. The summed E-state index contributed by atoms with van der Waals surface area (Å²) in [5, 5.41) is 0. The smallest absolute Gasteiger partial charge is 0.114 e. The predicted octanol–water partition coefficient (Wildman–Crippen LogP) is 2.15. The van der Waals surface area contributed by atoms with Crippen molar-refractivity contribution in [2.45, 2.75) is 26.1 Å². The molecule has 0 amide bonds. The highest BCUT2D eigenvalue weighted by Gasteiger charge is 2.54. The van der Waals surface area contributed by atoms with Crippen LogP contribution in [0.4, 0.5) is 0 Å². The molecule has 2 heteroatoms. The Hall–Kier alpha value is -1.02. The first-order valence-corrected chi connectivity index (χ1v) is 4.59. The lowest BCUT2D eigenvalue weighted by molar-refractivity contribution is 0.294. The van der Waals surface area contributed by atoms with Gasteiger partial charge in [0.05, 0.1) is 18.6 Å². The van der Waals surface area contributed by atoms with E-state index in [-0.39, 0.29) is 11.5 Å². The lowest BCUT2D eigenvalue weighted by atomic mass is 9.77. The molecule has 0 saturated carbocycles. The monoisotopic (exact) mass is 176 g/mol. The van der Waals surface area contributed by atoms with Gasteiger partial charge in [-0.2, -0.15) is 0 Å². The number of hydrogen-bond donors (Lipinski definition) is 0. The quantitative estimate of drug-likeness (QED) is 0.527. The first-order valence-electron chi connectivity index (χ1n) is 4.59. The molecule has 0 unspecified atom stereocenters. The molecule has 2 atom stereocenters. The fourth-order valence-electron chi connectivity index (χ4n) is 2.15. The molecule has 0 aromatic rings. The summed E-state index contributed by atoms with van der Waals surface area (Å²) >= 11 is 0. The van der Waals surface area contributed by atoms with E-state index in [1.807, 2.05) is 6.08 Å². The summed E-state index contributed by atoms with van der Waals surface area (Å²) in [6, 6.07) is 0. The van der Waals surface area contributed by atoms with Crippen LogP contribution in [-0.4, -0.2) is 12.2 Å². The van der Waals surface area contributed by atoms with Crippen LogP contribution in [0.5, 0.6) is 0 Å². The molecule has 0 N–H and O–H groups in total. The van der Waals surface area contributed by atoms with Crippen LogP contribution in [0, 0.1) is 5.41 Å². The number of hydrogen-bond acceptors (Lipinski definition) is 2. The summed E-state index contributed by atoms with van der Waals surface area (Å²) < 4.78 is 10.8. The van der Waals surface area contributed by atoms with Gasteiger partial charge in [0.25, 0.3) is 0 Å². The lowest BCUT2D eigenvalue weighted by Gasteiger charge is -2.25. The van der Waals surface area contributed by atoms with Gasteiger partial charge in [-0.3, -0.25) is 0 Å². The van der Waals surface area contributed by atoms with Crippen LogP contribution in [-0.2, 0) is 9.47 Å². The third kappa shape index (κ3) is 0.923. The first kappa shape index (κ1) is 7.39. The van der Waals surface area contributed by atoms with Gasteiger partial charge in [0.2, 0.25) is 0 Å². The van der Waals surface area contributed by atoms with E-state index >= 15 is 0 Å². The summed E-state index contributed by atoms with van der Waals surface area (Å²) in [6.07, 6.45) is 8.43. The van der Waals surface area contributed by atoms with Crippen LogP contribution in [0.3, 0.4) is 0 Å². The molecular weight excluding hydrogens is 164 g/mol. The molecule has 2 aliphatic heterocycles. The van der Waals surface area contributed by atoms with Gasteiger partial charge in [0.1, 0.15) is 6.10 Å². The van der Waals surface area contributed by atoms with Gasteiger partial charge in [0.15, 0.2) is 0 Å². The third-order valence-corrected chi connectivity index (χ3v) is 2.91. The minimum Gasteiger partial charge on any atom is -0.472 e. The molecule has 0 radical (unpaired) electrons. The van der Waals surface area contributed by atoms with Crippen LogP contribution in [0.25, 0.3) is 0 Å². The van der Waals surface area contributed by atoms with Gasteiger partial charge in [0, 0.05) is 11.0 Å². The summed E-state index contributed by atoms with van der Waals surface area (Å²) in [5.74, 6) is 0. The zero-order chi connectivity index (χ0) is 9.05. The fraction of sp³-hybridized carbons (Fsp3) is 0.455. The lowest BCUT2D eigenvalue weighted by Crippen LogP contribution is -2.24. The van der Waals surface area contributed by atoms with Crippen LogP contribution >= 0.6 is 0 Å². The SMILES string of the molecule is CC1(C)C=C2C=COC=C2[C@@H]2O[C@H]21. The highest BCUT2D eigenvalue weighted by Crippen LogP contribution is 2.50. The Bertz CT molecular complexity index is 347. The van der Waals surface area contributed by atoms with Crippen LogP contribution < -0.4 is 0 Å². The summed E-state index contributed by atoms with van der Waals surface area (Å²) in [6.45, 7) is 4.43. The van der Waals surface area contributed by atoms with Crippen molar-refractivity contribution in [3.05, 3.63) is 35.8 Å². The number of ether oxygens (including phenoxy) is 2. The first-order chi connectivity index (χ1) is 6.18. The van der Waals surface area contributed by atoms with Gasteiger partial charge >= 0.3 is 0 Å². The van der Waals surface area contributed by atoms with Crippen molar-refractivity contribution in [1.82, 2.24) is 0 Å². The van der Waals surface area contributed by atoms with Gasteiger partial charge in [-0.25, -0.2) is 0 Å². The molecular formula is C11H12O2. The van der Waals surface area contributed by atoms with E-state index in [1.165, 1.54) is 11.1 Å². The topological polar surface area (TPSA) is 21.8 Å². The van der Waals surface area contributed by atoms with Crippen molar-refractivity contribution in [3.63, 3.8) is 0 Å². The van der Waals surface area contributed by atoms with Gasteiger partial charge in [-0.05, 0) is 11.6 Å². The second-order valence-corrected chi connectivity index (χ2v) is 4.41. The van der Waals surface area contributed by atoms with Crippen molar-refractivity contribution in [2.75, 3.05) is 0 Å². The molecule has 0 aromatic heterocycles. The fourth-order valence-corrected chi connectivity index (χ4v) is 2.15. The van der Waals surface area contributed by atoms with E-state index in [9.17, 15) is 0 Å². The van der Waals surface area contributed by atoms with E-state index < -0.39 is 0 Å². The standard InChI is InChI=1S/C11H12O2/c1-11(2)5-7-3-4-12-6-8(7)9-10(11)13-9/h3-6,9-10H,1-2H3/t9-,10+/m0/s1. The Kier molecular flexibility index (Phi) is 1.18. The Morgan fingerprint density at radius 2 is 2.23 bits per heavy atom. The molecule has 2 nitrogen and oxygen atoms in total. The molecule has 1 saturated heterocycles. The van der Waals surface area contributed by atoms with E-state index in [0.717, 1.165) is 0 Å². The maximum absolute atomic E-state index is 5.63. The molecule has 68 valence electrons. The van der Waals surface area contributed by atoms with Crippen LogP contribution in [0.1, 0.15) is 13.8 Å². The highest BCUT2D eigenvalue weighted by molar-refractivity contribution is 5.50. The molecule has 0 bridgehead atoms. The molecule has 2 heterocycles. The number of rotatable bonds is 0. The van der Waals surface area contributed by atoms with Crippen molar-refractivity contribution < 1.29 is 9.47 Å². The van der Waals surface area contributed by atoms with Crippen LogP contribution in [0.2, 0.25) is 0 Å². The Morgan fingerprint density at radius 3 is 3.08 bits per heavy atom. The average molecular weight is 176 g/mol. The van der Waals surface area contributed by atoms with Crippen molar-refractivity contribution in [2.24, 2.45) is 5.41 Å². The van der Waals surface area contributed by atoms with E-state index in [1.54, 1.807) is 12.5 Å². The largest absolute Gasteiger partial charge is 0.472 e. The van der Waals surface area contributed by atoms with E-state index in [4.69, 9.17) is 9.47 Å². The van der Waals surface area contributed by atoms with Crippen molar-refractivity contribution >= 4 is 0 Å². The van der Waals surface area contributed by atoms with Crippen molar-refractivity contribution in [1.29, 1.82) is 0 Å². The van der Waals surface area contributed by atoms with Gasteiger partial charge < -0.3 is 9.47 Å². The predicted molar refractivity (Wildman–Crippen MR) is 48.8 cm³/mol. The summed E-state index contributed by atoms with van der Waals surface area (Å²) in [4.78, 5) is 0. The summed E-state index contributed by atoms with van der Waals surface area (Å²) in [5.41, 5.74) is 2.63. The normalized spacial score (nSPS) is 38.0. The van der Waals surface area contributed by atoms with Crippen molar-refractivity contribution in [3.8, 4) is 0 Å². The minimum absolute atomic E-state index is 0.166.